The fourth-order valence-electron chi connectivity index (χ4n) is 2.82. The standard InChI is InChI=1S/C19H20BrFN4O4/c1-3-24(16-6-7-25-18(23-16)12(8-22-25)19(27)28)9-13-15(29-11(2)10-26)5-4-14(21)17(13)20/h4-8,11,26H,3,9-10H2,1-2H3,(H,27,28)/t11-/m0/s1. The molecule has 3 aromatic rings. The molecule has 0 aliphatic rings. The predicted octanol–water partition coefficient (Wildman–Crippen LogP) is 3.12. The summed E-state index contributed by atoms with van der Waals surface area (Å²) in [6.07, 6.45) is 2.41. The number of carbonyl (C=O) groups is 1. The number of aliphatic hydroxyl groups excluding tert-OH is 1. The third-order valence-corrected chi connectivity index (χ3v) is 5.24. The molecule has 2 heterocycles. The zero-order valence-corrected chi connectivity index (χ0v) is 17.4. The first kappa shape index (κ1) is 21.0. The van der Waals surface area contributed by atoms with Crippen LogP contribution in [0, 0.1) is 5.82 Å². The van der Waals surface area contributed by atoms with Crippen molar-refractivity contribution >= 4 is 33.4 Å². The molecule has 0 saturated heterocycles. The Balaban J connectivity index is 2.00. The minimum atomic E-state index is -1.12. The van der Waals surface area contributed by atoms with Crippen molar-refractivity contribution in [2.45, 2.75) is 26.5 Å². The summed E-state index contributed by atoms with van der Waals surface area (Å²) >= 11 is 3.28. The SMILES string of the molecule is CCN(Cc1c(O[C@@H](C)CO)ccc(F)c1Br)c1ccn2ncc(C(=O)O)c2n1. The van der Waals surface area contributed by atoms with Crippen molar-refractivity contribution in [1.29, 1.82) is 0 Å². The first-order chi connectivity index (χ1) is 13.8. The maximum Gasteiger partial charge on any atom is 0.341 e. The van der Waals surface area contributed by atoms with Gasteiger partial charge < -0.3 is 19.8 Å². The molecule has 3 rings (SSSR count). The van der Waals surface area contributed by atoms with Gasteiger partial charge in [0.15, 0.2) is 5.65 Å². The van der Waals surface area contributed by atoms with E-state index in [2.05, 4.69) is 26.0 Å². The first-order valence-corrected chi connectivity index (χ1v) is 9.72. The highest BCUT2D eigenvalue weighted by molar-refractivity contribution is 9.10. The van der Waals surface area contributed by atoms with E-state index in [9.17, 15) is 19.4 Å². The van der Waals surface area contributed by atoms with Crippen molar-refractivity contribution < 1.29 is 24.1 Å². The number of carboxylic acid groups (broad SMARTS) is 1. The molecule has 29 heavy (non-hydrogen) atoms. The molecule has 154 valence electrons. The van der Waals surface area contributed by atoms with Crippen LogP contribution in [0.25, 0.3) is 5.65 Å². The Morgan fingerprint density at radius 3 is 2.83 bits per heavy atom. The molecule has 0 spiro atoms. The lowest BCUT2D eigenvalue weighted by atomic mass is 10.1. The van der Waals surface area contributed by atoms with E-state index in [1.54, 1.807) is 19.2 Å². The normalized spacial score (nSPS) is 12.2. The zero-order valence-electron chi connectivity index (χ0n) is 15.8. The summed E-state index contributed by atoms with van der Waals surface area (Å²) in [5.41, 5.74) is 0.772. The molecule has 0 aliphatic heterocycles. The lowest BCUT2D eigenvalue weighted by Gasteiger charge is -2.25. The number of hydrogen-bond acceptors (Lipinski definition) is 6. The molecule has 0 saturated carbocycles. The molecule has 2 N–H and O–H groups in total. The van der Waals surface area contributed by atoms with Gasteiger partial charge in [-0.2, -0.15) is 5.10 Å². The summed E-state index contributed by atoms with van der Waals surface area (Å²) in [5, 5.41) is 22.6. The second-order valence-electron chi connectivity index (χ2n) is 6.38. The van der Waals surface area contributed by atoms with Crippen LogP contribution in [-0.4, -0.2) is 50.0 Å². The van der Waals surface area contributed by atoms with Crippen LogP contribution in [0.4, 0.5) is 10.2 Å². The largest absolute Gasteiger partial charge is 0.488 e. The van der Waals surface area contributed by atoms with Crippen LogP contribution < -0.4 is 9.64 Å². The summed E-state index contributed by atoms with van der Waals surface area (Å²) in [4.78, 5) is 17.7. The molecule has 2 aromatic heterocycles. The average Bonchev–Trinajstić information content (AvgIpc) is 3.14. The number of aromatic carboxylic acids is 1. The lowest BCUT2D eigenvalue weighted by molar-refractivity contribution is 0.0698. The molecule has 0 aliphatic carbocycles. The summed E-state index contributed by atoms with van der Waals surface area (Å²) in [6, 6.07) is 4.52. The minimum Gasteiger partial charge on any atom is -0.488 e. The maximum absolute atomic E-state index is 14.2. The molecule has 0 unspecified atom stereocenters. The summed E-state index contributed by atoms with van der Waals surface area (Å²) in [6.45, 7) is 4.22. The molecule has 0 bridgehead atoms. The number of halogens is 2. The molecule has 1 aromatic carbocycles. The second kappa shape index (κ2) is 8.75. The third kappa shape index (κ3) is 4.33. The van der Waals surface area contributed by atoms with Gasteiger partial charge in [-0.3, -0.25) is 0 Å². The van der Waals surface area contributed by atoms with Crippen molar-refractivity contribution in [3.05, 3.63) is 52.0 Å². The number of fused-ring (bicyclic) bond motifs is 1. The molecule has 1 atom stereocenters. The van der Waals surface area contributed by atoms with Gasteiger partial charge in [-0.25, -0.2) is 18.7 Å². The highest BCUT2D eigenvalue weighted by Crippen LogP contribution is 2.32. The summed E-state index contributed by atoms with van der Waals surface area (Å²) in [7, 11) is 0. The van der Waals surface area contributed by atoms with E-state index in [1.807, 2.05) is 11.8 Å². The van der Waals surface area contributed by atoms with E-state index in [1.165, 1.54) is 22.8 Å². The monoisotopic (exact) mass is 466 g/mol. The van der Waals surface area contributed by atoms with Crippen LogP contribution >= 0.6 is 15.9 Å². The zero-order chi connectivity index (χ0) is 21.1. The van der Waals surface area contributed by atoms with Crippen LogP contribution in [0.15, 0.2) is 35.1 Å². The molecular weight excluding hydrogens is 447 g/mol. The van der Waals surface area contributed by atoms with Crippen molar-refractivity contribution in [3.8, 4) is 5.75 Å². The van der Waals surface area contributed by atoms with E-state index in [0.717, 1.165) is 0 Å². The predicted molar refractivity (Wildman–Crippen MR) is 108 cm³/mol. The van der Waals surface area contributed by atoms with Gasteiger partial charge in [0.1, 0.15) is 29.1 Å². The Labute approximate surface area is 174 Å². The van der Waals surface area contributed by atoms with Crippen molar-refractivity contribution in [2.75, 3.05) is 18.1 Å². The Hall–Kier alpha value is -2.72. The number of anilines is 1. The number of rotatable bonds is 8. The van der Waals surface area contributed by atoms with Gasteiger partial charge in [0.2, 0.25) is 0 Å². The highest BCUT2D eigenvalue weighted by Gasteiger charge is 2.20. The van der Waals surface area contributed by atoms with Crippen LogP contribution in [0.2, 0.25) is 0 Å². The Morgan fingerprint density at radius 1 is 1.41 bits per heavy atom. The van der Waals surface area contributed by atoms with Gasteiger partial charge in [0.25, 0.3) is 0 Å². The number of benzene rings is 1. The van der Waals surface area contributed by atoms with Gasteiger partial charge in [0.05, 0.1) is 17.3 Å². The van der Waals surface area contributed by atoms with Crippen LogP contribution in [0.3, 0.4) is 0 Å². The van der Waals surface area contributed by atoms with Gasteiger partial charge in [0, 0.05) is 24.8 Å². The van der Waals surface area contributed by atoms with Crippen LogP contribution in [0.5, 0.6) is 5.75 Å². The van der Waals surface area contributed by atoms with Crippen LogP contribution in [-0.2, 0) is 6.54 Å². The van der Waals surface area contributed by atoms with E-state index in [4.69, 9.17) is 4.74 Å². The molecule has 0 amide bonds. The molecular formula is C19H20BrFN4O4. The average molecular weight is 467 g/mol. The van der Waals surface area contributed by atoms with Gasteiger partial charge in [-0.1, -0.05) is 0 Å². The fourth-order valence-corrected chi connectivity index (χ4v) is 3.27. The molecule has 0 fully saturated rings. The van der Waals surface area contributed by atoms with Gasteiger partial charge in [-0.15, -0.1) is 0 Å². The van der Waals surface area contributed by atoms with Crippen molar-refractivity contribution in [3.63, 3.8) is 0 Å². The molecule has 0 radical (unpaired) electrons. The van der Waals surface area contributed by atoms with Crippen LogP contribution in [0.1, 0.15) is 29.8 Å². The van der Waals surface area contributed by atoms with E-state index in [0.29, 0.717) is 23.7 Å². The number of carboxylic acids is 1. The Kier molecular flexibility index (Phi) is 6.33. The summed E-state index contributed by atoms with van der Waals surface area (Å²) in [5.74, 6) is -0.600. The van der Waals surface area contributed by atoms with Crippen molar-refractivity contribution in [1.82, 2.24) is 14.6 Å². The van der Waals surface area contributed by atoms with E-state index < -0.39 is 17.9 Å². The number of ether oxygens (including phenoxy) is 1. The minimum absolute atomic E-state index is 0.00404. The van der Waals surface area contributed by atoms with Crippen molar-refractivity contribution in [2.24, 2.45) is 0 Å². The fraction of sp³-hybridized carbons (Fsp3) is 0.316. The molecule has 10 heteroatoms. The maximum atomic E-state index is 14.2. The summed E-state index contributed by atoms with van der Waals surface area (Å²) < 4.78 is 21.6. The highest BCUT2D eigenvalue weighted by atomic mass is 79.9. The Bertz CT molecular complexity index is 1040. The number of aliphatic hydroxyl groups is 1. The topological polar surface area (TPSA) is 100 Å². The number of nitrogens with zero attached hydrogens (tertiary/aromatic N) is 4. The van der Waals surface area contributed by atoms with E-state index in [-0.39, 0.29) is 28.8 Å². The van der Waals surface area contributed by atoms with E-state index >= 15 is 0 Å². The van der Waals surface area contributed by atoms with Gasteiger partial charge >= 0.3 is 5.97 Å². The smallest absolute Gasteiger partial charge is 0.341 e. The second-order valence-corrected chi connectivity index (χ2v) is 7.17. The number of aromatic nitrogens is 3. The lowest BCUT2D eigenvalue weighted by Crippen LogP contribution is -2.25. The Morgan fingerprint density at radius 2 is 2.17 bits per heavy atom. The van der Waals surface area contributed by atoms with Gasteiger partial charge in [-0.05, 0) is 48.0 Å². The third-order valence-electron chi connectivity index (χ3n) is 4.38. The quantitative estimate of drug-likeness (QED) is 0.525. The molecule has 8 nitrogen and oxygen atoms in total. The number of hydrogen-bond donors (Lipinski definition) is 2. The first-order valence-electron chi connectivity index (χ1n) is 8.92.